The second-order valence-electron chi connectivity index (χ2n) is 6.87. The molecule has 1 aliphatic rings. The van der Waals surface area contributed by atoms with Gasteiger partial charge in [0.15, 0.2) is 0 Å². The van der Waals surface area contributed by atoms with Gasteiger partial charge in [0.25, 0.3) is 5.91 Å². The Bertz CT molecular complexity index is 784. The Balaban J connectivity index is 1.88. The number of carbonyl (C=O) groups excluding carboxylic acids is 1. The Kier molecular flexibility index (Phi) is 5.52. The van der Waals surface area contributed by atoms with Crippen LogP contribution in [0.15, 0.2) is 30.3 Å². The number of hydrogen-bond donors (Lipinski definition) is 0. The highest BCUT2D eigenvalue weighted by Crippen LogP contribution is 2.20. The van der Waals surface area contributed by atoms with Crippen molar-refractivity contribution in [2.75, 3.05) is 49.6 Å². The first kappa shape index (κ1) is 18.3. The van der Waals surface area contributed by atoms with Gasteiger partial charge in [-0.15, -0.1) is 0 Å². The van der Waals surface area contributed by atoms with Crippen molar-refractivity contribution in [2.24, 2.45) is 0 Å². The summed E-state index contributed by atoms with van der Waals surface area (Å²) < 4.78 is 0. The van der Waals surface area contributed by atoms with E-state index in [-0.39, 0.29) is 5.91 Å². The maximum atomic E-state index is 13.1. The number of amides is 1. The fraction of sp³-hybridized carbons (Fsp3) is 0.450. The topological polar surface area (TPSA) is 52.6 Å². The third kappa shape index (κ3) is 4.02. The Labute approximate surface area is 155 Å². The zero-order valence-electron chi connectivity index (χ0n) is 16.1. The summed E-state index contributed by atoms with van der Waals surface area (Å²) in [5.41, 5.74) is 3.30. The minimum atomic E-state index is -0.0843. The monoisotopic (exact) mass is 353 g/mol. The van der Waals surface area contributed by atoms with Gasteiger partial charge in [-0.05, 0) is 51.6 Å². The second-order valence-corrected chi connectivity index (χ2v) is 6.87. The number of nitrogens with zero attached hydrogens (tertiary/aromatic N) is 5. The molecule has 0 N–H and O–H groups in total. The molecular weight excluding hydrogens is 326 g/mol. The van der Waals surface area contributed by atoms with Crippen LogP contribution in [0, 0.1) is 13.8 Å². The first-order valence-electron chi connectivity index (χ1n) is 9.15. The molecule has 1 amide bonds. The van der Waals surface area contributed by atoms with Crippen LogP contribution in [0.5, 0.6) is 0 Å². The van der Waals surface area contributed by atoms with E-state index < -0.39 is 0 Å². The van der Waals surface area contributed by atoms with Crippen LogP contribution in [-0.4, -0.2) is 60.5 Å². The van der Waals surface area contributed by atoms with Gasteiger partial charge in [-0.25, -0.2) is 9.97 Å². The Hall–Kier alpha value is -2.47. The average Bonchev–Trinajstić information content (AvgIpc) is 2.62. The van der Waals surface area contributed by atoms with E-state index in [1.165, 1.54) is 0 Å². The van der Waals surface area contributed by atoms with Crippen LogP contribution in [0.25, 0.3) is 0 Å². The minimum absolute atomic E-state index is 0.0843. The third-order valence-electron chi connectivity index (χ3n) is 4.72. The van der Waals surface area contributed by atoms with E-state index in [4.69, 9.17) is 0 Å². The number of carbonyl (C=O) groups is 1. The van der Waals surface area contributed by atoms with E-state index in [9.17, 15) is 4.79 Å². The first-order valence-corrected chi connectivity index (χ1v) is 9.15. The van der Waals surface area contributed by atoms with E-state index in [0.717, 1.165) is 43.1 Å². The molecule has 0 saturated carbocycles. The quantitative estimate of drug-likeness (QED) is 0.845. The predicted molar refractivity (Wildman–Crippen MR) is 105 cm³/mol. The molecule has 1 aliphatic heterocycles. The van der Waals surface area contributed by atoms with Crippen molar-refractivity contribution in [3.63, 3.8) is 0 Å². The Morgan fingerprint density at radius 1 is 1.12 bits per heavy atom. The Morgan fingerprint density at radius 3 is 2.50 bits per heavy atom. The van der Waals surface area contributed by atoms with Gasteiger partial charge in [-0.3, -0.25) is 4.79 Å². The van der Waals surface area contributed by atoms with Gasteiger partial charge in [0, 0.05) is 44.1 Å². The number of likely N-dealkylation sites (N-methyl/N-ethyl adjacent to an activating group) is 1. The van der Waals surface area contributed by atoms with Crippen LogP contribution < -0.4 is 9.80 Å². The maximum Gasteiger partial charge on any atom is 0.277 e. The van der Waals surface area contributed by atoms with Gasteiger partial charge < -0.3 is 14.7 Å². The van der Waals surface area contributed by atoms with Crippen LogP contribution in [0.1, 0.15) is 28.7 Å². The molecule has 0 bridgehead atoms. The molecule has 0 aliphatic carbocycles. The molecule has 1 saturated heterocycles. The first-order chi connectivity index (χ1) is 12.5. The third-order valence-corrected chi connectivity index (χ3v) is 4.72. The highest BCUT2D eigenvalue weighted by molar-refractivity contribution is 6.05. The summed E-state index contributed by atoms with van der Waals surface area (Å²) in [6.07, 6.45) is 0. The molecule has 6 heteroatoms. The van der Waals surface area contributed by atoms with Gasteiger partial charge >= 0.3 is 0 Å². The zero-order valence-corrected chi connectivity index (χ0v) is 16.1. The molecule has 2 heterocycles. The fourth-order valence-electron chi connectivity index (χ4n) is 3.19. The van der Waals surface area contributed by atoms with E-state index in [0.29, 0.717) is 18.2 Å². The van der Waals surface area contributed by atoms with Crippen LogP contribution in [0.4, 0.5) is 11.6 Å². The van der Waals surface area contributed by atoms with Gasteiger partial charge in [0.2, 0.25) is 5.95 Å². The highest BCUT2D eigenvalue weighted by Gasteiger charge is 2.22. The smallest absolute Gasteiger partial charge is 0.277 e. The van der Waals surface area contributed by atoms with Gasteiger partial charge in [-0.2, -0.15) is 0 Å². The molecule has 6 nitrogen and oxygen atoms in total. The summed E-state index contributed by atoms with van der Waals surface area (Å²) in [4.78, 5) is 28.5. The van der Waals surface area contributed by atoms with Crippen LogP contribution >= 0.6 is 0 Å². The van der Waals surface area contributed by atoms with Crippen molar-refractivity contribution in [2.45, 2.75) is 20.8 Å². The fourth-order valence-corrected chi connectivity index (χ4v) is 3.19. The maximum absolute atomic E-state index is 13.1. The largest absolute Gasteiger partial charge is 0.338 e. The SMILES string of the molecule is CCN(C(=O)c1cc(C)nc(N2CCN(C)CC2)n1)c1cccc(C)c1. The molecule has 1 fully saturated rings. The number of rotatable bonds is 4. The van der Waals surface area contributed by atoms with Crippen molar-refractivity contribution < 1.29 is 4.79 Å². The number of piperazine rings is 1. The molecule has 0 radical (unpaired) electrons. The van der Waals surface area contributed by atoms with Gasteiger partial charge in [-0.1, -0.05) is 12.1 Å². The van der Waals surface area contributed by atoms with E-state index >= 15 is 0 Å². The van der Waals surface area contributed by atoms with Crippen molar-refractivity contribution in [1.29, 1.82) is 0 Å². The molecule has 138 valence electrons. The molecule has 2 aromatic rings. The number of anilines is 2. The second kappa shape index (κ2) is 7.83. The van der Waals surface area contributed by atoms with Crippen molar-refractivity contribution in [3.05, 3.63) is 47.3 Å². The molecule has 26 heavy (non-hydrogen) atoms. The minimum Gasteiger partial charge on any atom is -0.338 e. The number of aryl methyl sites for hydroxylation is 2. The number of hydrogen-bond acceptors (Lipinski definition) is 5. The van der Waals surface area contributed by atoms with E-state index in [1.807, 2.05) is 45.0 Å². The molecule has 3 rings (SSSR count). The molecule has 0 atom stereocenters. The van der Waals surface area contributed by atoms with Crippen molar-refractivity contribution >= 4 is 17.5 Å². The van der Waals surface area contributed by atoms with E-state index in [1.54, 1.807) is 11.0 Å². The zero-order chi connectivity index (χ0) is 18.7. The average molecular weight is 353 g/mol. The van der Waals surface area contributed by atoms with Crippen molar-refractivity contribution in [1.82, 2.24) is 14.9 Å². The number of aromatic nitrogens is 2. The summed E-state index contributed by atoms with van der Waals surface area (Å²) in [5, 5.41) is 0. The number of benzene rings is 1. The van der Waals surface area contributed by atoms with Gasteiger partial charge in [0.05, 0.1) is 0 Å². The standard InChI is InChI=1S/C20H27N5O/c1-5-25(17-8-6-7-15(2)13-17)19(26)18-14-16(3)21-20(22-18)24-11-9-23(4)10-12-24/h6-8,13-14H,5,9-12H2,1-4H3. The van der Waals surface area contributed by atoms with Crippen molar-refractivity contribution in [3.8, 4) is 0 Å². The predicted octanol–water partition coefficient (Wildman–Crippen LogP) is 2.51. The summed E-state index contributed by atoms with van der Waals surface area (Å²) in [6, 6.07) is 9.77. The molecule has 1 aromatic heterocycles. The van der Waals surface area contributed by atoms with Gasteiger partial charge in [0.1, 0.15) is 5.69 Å². The summed E-state index contributed by atoms with van der Waals surface area (Å²) in [5.74, 6) is 0.570. The lowest BCUT2D eigenvalue weighted by atomic mass is 10.2. The lowest BCUT2D eigenvalue weighted by Gasteiger charge is -2.32. The molecule has 1 aromatic carbocycles. The normalized spacial score (nSPS) is 15.2. The lowest BCUT2D eigenvalue weighted by molar-refractivity contribution is 0.0983. The summed E-state index contributed by atoms with van der Waals surface area (Å²) in [6.45, 7) is 10.2. The molecular formula is C20H27N5O. The molecule has 0 unspecified atom stereocenters. The summed E-state index contributed by atoms with van der Waals surface area (Å²) >= 11 is 0. The summed E-state index contributed by atoms with van der Waals surface area (Å²) in [7, 11) is 2.12. The Morgan fingerprint density at radius 2 is 1.85 bits per heavy atom. The van der Waals surface area contributed by atoms with Crippen LogP contribution in [0.2, 0.25) is 0 Å². The molecule has 0 spiro atoms. The highest BCUT2D eigenvalue weighted by atomic mass is 16.2. The van der Waals surface area contributed by atoms with Crippen LogP contribution in [-0.2, 0) is 0 Å². The lowest BCUT2D eigenvalue weighted by Crippen LogP contribution is -2.45. The van der Waals surface area contributed by atoms with Crippen LogP contribution in [0.3, 0.4) is 0 Å². The van der Waals surface area contributed by atoms with E-state index in [2.05, 4.69) is 26.8 Å².